The zero-order chi connectivity index (χ0) is 22.8. The standard InChI is InChI=1S/C25H26ClN3O4/c26-20-13-18(9-10-22(20)32-19-3-1-2-4-19)25-28-24(29-33-25)17-7-5-16(6-8-17)21-11-15(14-27-21)12-23(30)31/h5-10,13,15,19,21,27H,1-4,11-12,14H2,(H,30,31). The number of carboxylic acid groups (broad SMARTS) is 1. The van der Waals surface area contributed by atoms with Crippen molar-refractivity contribution in [1.29, 1.82) is 0 Å². The Morgan fingerprint density at radius 2 is 1.91 bits per heavy atom. The molecule has 0 bridgehead atoms. The van der Waals surface area contributed by atoms with Crippen LogP contribution >= 0.6 is 11.6 Å². The van der Waals surface area contributed by atoms with Gasteiger partial charge >= 0.3 is 5.97 Å². The van der Waals surface area contributed by atoms with Gasteiger partial charge in [-0.25, -0.2) is 0 Å². The maximum atomic E-state index is 10.9. The minimum atomic E-state index is -0.747. The molecule has 1 aromatic heterocycles. The molecule has 2 N–H and O–H groups in total. The Hall–Kier alpha value is -2.90. The maximum Gasteiger partial charge on any atom is 0.303 e. The molecular weight excluding hydrogens is 442 g/mol. The number of halogens is 1. The highest BCUT2D eigenvalue weighted by Crippen LogP contribution is 2.34. The van der Waals surface area contributed by atoms with E-state index in [9.17, 15) is 4.79 Å². The van der Waals surface area contributed by atoms with Gasteiger partial charge in [-0.05, 0) is 68.3 Å². The molecule has 2 unspecified atom stereocenters. The predicted molar refractivity (Wildman–Crippen MR) is 124 cm³/mol. The van der Waals surface area contributed by atoms with Crippen molar-refractivity contribution >= 4 is 17.6 Å². The number of carbonyl (C=O) groups is 1. The van der Waals surface area contributed by atoms with Crippen molar-refractivity contribution in [2.75, 3.05) is 6.54 Å². The van der Waals surface area contributed by atoms with Gasteiger partial charge in [-0.15, -0.1) is 0 Å². The molecule has 1 saturated carbocycles. The van der Waals surface area contributed by atoms with Gasteiger partial charge < -0.3 is 19.7 Å². The summed E-state index contributed by atoms with van der Waals surface area (Å²) in [6, 6.07) is 13.7. The Kier molecular flexibility index (Phi) is 6.33. The SMILES string of the molecule is O=C(O)CC1CNC(c2ccc(-c3noc(-c4ccc(OC5CCCC5)c(Cl)c4)n3)cc2)C1. The minimum absolute atomic E-state index is 0.161. The highest BCUT2D eigenvalue weighted by atomic mass is 35.5. The van der Waals surface area contributed by atoms with Crippen LogP contribution in [0.15, 0.2) is 47.0 Å². The van der Waals surface area contributed by atoms with E-state index in [1.165, 1.54) is 12.8 Å². The van der Waals surface area contributed by atoms with E-state index >= 15 is 0 Å². The van der Waals surface area contributed by atoms with Crippen LogP contribution in [0.3, 0.4) is 0 Å². The maximum absolute atomic E-state index is 10.9. The first-order chi connectivity index (χ1) is 16.0. The van der Waals surface area contributed by atoms with Gasteiger partial charge in [0.1, 0.15) is 5.75 Å². The molecular formula is C25H26ClN3O4. The summed E-state index contributed by atoms with van der Waals surface area (Å²) in [6.07, 6.45) is 5.81. The van der Waals surface area contributed by atoms with E-state index in [4.69, 9.17) is 26.0 Å². The molecule has 7 nitrogen and oxygen atoms in total. The second-order valence-corrected chi connectivity index (χ2v) is 9.28. The number of carboxylic acids is 1. The summed E-state index contributed by atoms with van der Waals surface area (Å²) in [7, 11) is 0. The van der Waals surface area contributed by atoms with Crippen LogP contribution in [0.2, 0.25) is 5.02 Å². The molecule has 1 aliphatic carbocycles. The average Bonchev–Trinajstić information content (AvgIpc) is 3.57. The van der Waals surface area contributed by atoms with Crippen molar-refractivity contribution in [3.63, 3.8) is 0 Å². The Bertz CT molecular complexity index is 1120. The number of aliphatic carboxylic acids is 1. The summed E-state index contributed by atoms with van der Waals surface area (Å²) < 4.78 is 11.5. The first kappa shape index (κ1) is 21.9. The lowest BCUT2D eigenvalue weighted by Crippen LogP contribution is -2.14. The molecule has 8 heteroatoms. The van der Waals surface area contributed by atoms with Crippen LogP contribution in [0.4, 0.5) is 0 Å². The topological polar surface area (TPSA) is 97.5 Å². The number of nitrogens with one attached hydrogen (secondary N) is 1. The van der Waals surface area contributed by atoms with E-state index in [1.54, 1.807) is 6.07 Å². The summed E-state index contributed by atoms with van der Waals surface area (Å²) in [5.74, 6) is 1.00. The number of hydrogen-bond donors (Lipinski definition) is 2. The molecule has 1 saturated heterocycles. The summed E-state index contributed by atoms with van der Waals surface area (Å²) in [4.78, 5) is 15.5. The quantitative estimate of drug-likeness (QED) is 0.473. The van der Waals surface area contributed by atoms with Crippen LogP contribution in [0.25, 0.3) is 22.8 Å². The van der Waals surface area contributed by atoms with Crippen LogP contribution in [-0.4, -0.2) is 33.9 Å². The lowest BCUT2D eigenvalue weighted by atomic mass is 9.97. The monoisotopic (exact) mass is 467 g/mol. The minimum Gasteiger partial charge on any atom is -0.489 e. The van der Waals surface area contributed by atoms with Gasteiger partial charge in [-0.3, -0.25) is 4.79 Å². The van der Waals surface area contributed by atoms with Crippen molar-refractivity contribution in [3.8, 4) is 28.6 Å². The second-order valence-electron chi connectivity index (χ2n) is 8.88. The summed E-state index contributed by atoms with van der Waals surface area (Å²) in [5.41, 5.74) is 2.72. The first-order valence-corrected chi connectivity index (χ1v) is 11.8. The van der Waals surface area contributed by atoms with E-state index < -0.39 is 5.97 Å². The van der Waals surface area contributed by atoms with Gasteiger partial charge in [0.25, 0.3) is 5.89 Å². The highest BCUT2D eigenvalue weighted by molar-refractivity contribution is 6.32. The van der Waals surface area contributed by atoms with Crippen LogP contribution in [0.5, 0.6) is 5.75 Å². The van der Waals surface area contributed by atoms with Crippen molar-refractivity contribution in [1.82, 2.24) is 15.5 Å². The molecule has 2 aromatic carbocycles. The molecule has 0 spiro atoms. The van der Waals surface area contributed by atoms with Gasteiger partial charge in [0, 0.05) is 23.6 Å². The average molecular weight is 468 g/mol. The lowest BCUT2D eigenvalue weighted by molar-refractivity contribution is -0.137. The van der Waals surface area contributed by atoms with Gasteiger partial charge in [-0.2, -0.15) is 4.98 Å². The van der Waals surface area contributed by atoms with Crippen molar-refractivity contribution in [3.05, 3.63) is 53.1 Å². The molecule has 3 aromatic rings. The molecule has 2 heterocycles. The smallest absolute Gasteiger partial charge is 0.303 e. The van der Waals surface area contributed by atoms with Gasteiger partial charge in [0.05, 0.1) is 11.1 Å². The second kappa shape index (κ2) is 9.53. The Morgan fingerprint density at radius 1 is 1.15 bits per heavy atom. The summed E-state index contributed by atoms with van der Waals surface area (Å²) in [6.45, 7) is 0.722. The number of ether oxygens (including phenoxy) is 1. The Labute approximate surface area is 197 Å². The van der Waals surface area contributed by atoms with E-state index in [0.29, 0.717) is 22.5 Å². The molecule has 2 aliphatic rings. The van der Waals surface area contributed by atoms with E-state index in [-0.39, 0.29) is 24.5 Å². The molecule has 172 valence electrons. The third-order valence-electron chi connectivity index (χ3n) is 6.46. The fourth-order valence-electron chi connectivity index (χ4n) is 4.70. The van der Waals surface area contributed by atoms with Crippen molar-refractivity contribution in [2.24, 2.45) is 5.92 Å². The molecule has 0 amide bonds. The fraction of sp³-hybridized carbons (Fsp3) is 0.400. The third kappa shape index (κ3) is 5.04. The van der Waals surface area contributed by atoms with Crippen LogP contribution in [-0.2, 0) is 4.79 Å². The summed E-state index contributed by atoms with van der Waals surface area (Å²) >= 11 is 6.45. The number of benzene rings is 2. The zero-order valence-electron chi connectivity index (χ0n) is 18.2. The summed E-state index contributed by atoms with van der Waals surface area (Å²) in [5, 5.41) is 17.1. The molecule has 5 rings (SSSR count). The predicted octanol–water partition coefficient (Wildman–Crippen LogP) is 5.50. The number of nitrogens with zero attached hydrogens (tertiary/aromatic N) is 2. The molecule has 0 radical (unpaired) electrons. The first-order valence-electron chi connectivity index (χ1n) is 11.4. The lowest BCUT2D eigenvalue weighted by Gasteiger charge is -2.14. The third-order valence-corrected chi connectivity index (χ3v) is 6.75. The highest BCUT2D eigenvalue weighted by Gasteiger charge is 2.27. The zero-order valence-corrected chi connectivity index (χ0v) is 18.9. The molecule has 2 atom stereocenters. The van der Waals surface area contributed by atoms with Crippen LogP contribution in [0, 0.1) is 5.92 Å². The van der Waals surface area contributed by atoms with E-state index in [2.05, 4.69) is 15.5 Å². The van der Waals surface area contributed by atoms with Crippen LogP contribution < -0.4 is 10.1 Å². The van der Waals surface area contributed by atoms with E-state index in [1.807, 2.05) is 36.4 Å². The normalized spacial score (nSPS) is 20.9. The largest absolute Gasteiger partial charge is 0.489 e. The number of hydrogen-bond acceptors (Lipinski definition) is 6. The number of rotatable bonds is 7. The van der Waals surface area contributed by atoms with Crippen molar-refractivity contribution < 1.29 is 19.2 Å². The molecule has 33 heavy (non-hydrogen) atoms. The number of aromatic nitrogens is 2. The molecule has 1 aliphatic heterocycles. The fourth-order valence-corrected chi connectivity index (χ4v) is 4.93. The van der Waals surface area contributed by atoms with Crippen molar-refractivity contribution in [2.45, 2.75) is 50.7 Å². The van der Waals surface area contributed by atoms with Gasteiger partial charge in [-0.1, -0.05) is 41.0 Å². The van der Waals surface area contributed by atoms with Gasteiger partial charge in [0.2, 0.25) is 5.82 Å². The van der Waals surface area contributed by atoms with E-state index in [0.717, 1.165) is 42.5 Å². The van der Waals surface area contributed by atoms with Crippen LogP contribution in [0.1, 0.15) is 50.1 Å². The Balaban J connectivity index is 1.26. The Morgan fingerprint density at radius 3 is 2.64 bits per heavy atom. The van der Waals surface area contributed by atoms with Gasteiger partial charge in [0.15, 0.2) is 0 Å². The molecule has 2 fully saturated rings.